The molecule has 2 heterocycles. The average molecular weight is 284 g/mol. The molecule has 0 spiro atoms. The molecule has 0 aliphatic carbocycles. The Morgan fingerprint density at radius 3 is 2.80 bits per heavy atom. The van der Waals surface area contributed by atoms with E-state index in [-0.39, 0.29) is 6.61 Å². The lowest BCUT2D eigenvalue weighted by molar-refractivity contribution is 0.0231. The lowest BCUT2D eigenvalue weighted by Crippen LogP contribution is -2.43. The SMILES string of the molecule is OC[C@@H](O)CN(CCN1CCOCC1)Cc1ccco1. The summed E-state index contributed by atoms with van der Waals surface area (Å²) in [7, 11) is 0. The number of morpholine rings is 1. The van der Waals surface area contributed by atoms with Crippen LogP contribution in [0.4, 0.5) is 0 Å². The second-order valence-corrected chi connectivity index (χ2v) is 5.10. The predicted octanol–water partition coefficient (Wildman–Crippen LogP) is -0.233. The molecule has 0 amide bonds. The van der Waals surface area contributed by atoms with Crippen molar-refractivity contribution in [1.82, 2.24) is 9.80 Å². The largest absolute Gasteiger partial charge is 0.468 e. The molecule has 1 fully saturated rings. The van der Waals surface area contributed by atoms with Crippen molar-refractivity contribution in [3.63, 3.8) is 0 Å². The number of furan rings is 1. The lowest BCUT2D eigenvalue weighted by Gasteiger charge is -2.30. The molecule has 1 aliphatic heterocycles. The van der Waals surface area contributed by atoms with Gasteiger partial charge in [-0.15, -0.1) is 0 Å². The van der Waals surface area contributed by atoms with Gasteiger partial charge >= 0.3 is 0 Å². The minimum Gasteiger partial charge on any atom is -0.468 e. The smallest absolute Gasteiger partial charge is 0.117 e. The summed E-state index contributed by atoms with van der Waals surface area (Å²) < 4.78 is 10.7. The Morgan fingerprint density at radius 2 is 2.15 bits per heavy atom. The Labute approximate surface area is 119 Å². The first kappa shape index (κ1) is 15.5. The maximum atomic E-state index is 9.64. The molecule has 1 saturated heterocycles. The van der Waals surface area contributed by atoms with Gasteiger partial charge in [-0.05, 0) is 12.1 Å². The van der Waals surface area contributed by atoms with E-state index in [0.29, 0.717) is 13.1 Å². The van der Waals surface area contributed by atoms with E-state index in [1.54, 1.807) is 6.26 Å². The summed E-state index contributed by atoms with van der Waals surface area (Å²) in [4.78, 5) is 4.46. The summed E-state index contributed by atoms with van der Waals surface area (Å²) in [6, 6.07) is 3.78. The number of ether oxygens (including phenoxy) is 1. The summed E-state index contributed by atoms with van der Waals surface area (Å²) in [5.41, 5.74) is 0. The van der Waals surface area contributed by atoms with Crippen LogP contribution in [0, 0.1) is 0 Å². The van der Waals surface area contributed by atoms with Gasteiger partial charge in [-0.1, -0.05) is 0 Å². The zero-order chi connectivity index (χ0) is 14.2. The molecule has 1 aromatic heterocycles. The van der Waals surface area contributed by atoms with Gasteiger partial charge in [-0.3, -0.25) is 9.80 Å². The Bertz CT molecular complexity index is 352. The Hall–Kier alpha value is -0.920. The average Bonchev–Trinajstić information content (AvgIpc) is 2.98. The number of nitrogens with zero attached hydrogens (tertiary/aromatic N) is 2. The molecule has 0 radical (unpaired) electrons. The predicted molar refractivity (Wildman–Crippen MR) is 74.3 cm³/mol. The summed E-state index contributed by atoms with van der Waals surface area (Å²) in [6.45, 7) is 6.13. The third-order valence-electron chi connectivity index (χ3n) is 3.48. The van der Waals surface area contributed by atoms with Gasteiger partial charge in [0.1, 0.15) is 5.76 Å². The van der Waals surface area contributed by atoms with Gasteiger partial charge in [0.25, 0.3) is 0 Å². The summed E-state index contributed by atoms with van der Waals surface area (Å²) >= 11 is 0. The van der Waals surface area contributed by atoms with Crippen molar-refractivity contribution in [3.05, 3.63) is 24.2 Å². The van der Waals surface area contributed by atoms with Crippen LogP contribution in [0.15, 0.2) is 22.8 Å². The van der Waals surface area contributed by atoms with Crippen LogP contribution >= 0.6 is 0 Å². The van der Waals surface area contributed by atoms with Crippen molar-refractivity contribution in [2.75, 3.05) is 52.5 Å². The highest BCUT2D eigenvalue weighted by Gasteiger charge is 2.16. The van der Waals surface area contributed by atoms with Crippen molar-refractivity contribution < 1.29 is 19.4 Å². The molecule has 0 bridgehead atoms. The van der Waals surface area contributed by atoms with E-state index in [9.17, 15) is 5.11 Å². The molecule has 2 rings (SSSR count). The number of rotatable bonds is 8. The molecular formula is C14H24N2O4. The Balaban J connectivity index is 1.81. The molecule has 1 atom stereocenters. The minimum absolute atomic E-state index is 0.216. The monoisotopic (exact) mass is 284 g/mol. The normalized spacial score (nSPS) is 18.6. The second kappa shape index (κ2) is 8.39. The van der Waals surface area contributed by atoms with Gasteiger partial charge in [0.05, 0.1) is 38.7 Å². The molecular weight excluding hydrogens is 260 g/mol. The minimum atomic E-state index is -0.713. The maximum Gasteiger partial charge on any atom is 0.117 e. The van der Waals surface area contributed by atoms with Crippen LogP contribution in [0.3, 0.4) is 0 Å². The van der Waals surface area contributed by atoms with Gasteiger partial charge in [0.15, 0.2) is 0 Å². The van der Waals surface area contributed by atoms with Crippen LogP contribution in [0.2, 0.25) is 0 Å². The fourth-order valence-electron chi connectivity index (χ4n) is 2.32. The summed E-state index contributed by atoms with van der Waals surface area (Å²) in [5.74, 6) is 0.872. The molecule has 0 unspecified atom stereocenters. The number of hydrogen-bond donors (Lipinski definition) is 2. The topological polar surface area (TPSA) is 69.3 Å². The van der Waals surface area contributed by atoms with Crippen LogP contribution in [-0.4, -0.2) is 78.7 Å². The fourth-order valence-corrected chi connectivity index (χ4v) is 2.32. The van der Waals surface area contributed by atoms with E-state index < -0.39 is 6.10 Å². The van der Waals surface area contributed by atoms with E-state index >= 15 is 0 Å². The lowest BCUT2D eigenvalue weighted by atomic mass is 10.3. The van der Waals surface area contributed by atoms with Gasteiger partial charge in [0, 0.05) is 32.7 Å². The number of hydrogen-bond acceptors (Lipinski definition) is 6. The Kier molecular flexibility index (Phi) is 6.49. The number of aliphatic hydroxyl groups excluding tert-OH is 2. The van der Waals surface area contributed by atoms with Crippen LogP contribution in [0.5, 0.6) is 0 Å². The first-order valence-electron chi connectivity index (χ1n) is 7.11. The van der Waals surface area contributed by atoms with Gasteiger partial charge < -0.3 is 19.4 Å². The van der Waals surface area contributed by atoms with E-state index in [4.69, 9.17) is 14.3 Å². The molecule has 114 valence electrons. The van der Waals surface area contributed by atoms with Crippen LogP contribution in [-0.2, 0) is 11.3 Å². The van der Waals surface area contributed by atoms with Crippen LogP contribution in [0.25, 0.3) is 0 Å². The summed E-state index contributed by atoms with van der Waals surface area (Å²) in [6.07, 6.45) is 0.937. The molecule has 6 nitrogen and oxygen atoms in total. The third-order valence-corrected chi connectivity index (χ3v) is 3.48. The van der Waals surface area contributed by atoms with Crippen molar-refractivity contribution in [1.29, 1.82) is 0 Å². The van der Waals surface area contributed by atoms with Gasteiger partial charge in [-0.25, -0.2) is 0 Å². The highest BCUT2D eigenvalue weighted by atomic mass is 16.5. The molecule has 6 heteroatoms. The maximum absolute atomic E-state index is 9.64. The van der Waals surface area contributed by atoms with E-state index in [1.165, 1.54) is 0 Å². The fraction of sp³-hybridized carbons (Fsp3) is 0.714. The third kappa shape index (κ3) is 5.22. The summed E-state index contributed by atoms with van der Waals surface area (Å²) in [5, 5.41) is 18.6. The van der Waals surface area contributed by atoms with Crippen LogP contribution in [0.1, 0.15) is 5.76 Å². The molecule has 1 aromatic rings. The highest BCUT2D eigenvalue weighted by molar-refractivity contribution is 4.98. The number of aliphatic hydroxyl groups is 2. The quantitative estimate of drug-likeness (QED) is 0.687. The van der Waals surface area contributed by atoms with Gasteiger partial charge in [-0.2, -0.15) is 0 Å². The van der Waals surface area contributed by atoms with Gasteiger partial charge in [0.2, 0.25) is 0 Å². The highest BCUT2D eigenvalue weighted by Crippen LogP contribution is 2.07. The second-order valence-electron chi connectivity index (χ2n) is 5.10. The standard InChI is InChI=1S/C14H24N2O4/c17-12-13(18)10-16(11-14-2-1-7-20-14)4-3-15-5-8-19-9-6-15/h1-2,7,13,17-18H,3-6,8-12H2/t13-/m0/s1. The van der Waals surface area contributed by atoms with Crippen LogP contribution < -0.4 is 0 Å². The molecule has 2 N–H and O–H groups in total. The zero-order valence-electron chi connectivity index (χ0n) is 11.8. The molecule has 20 heavy (non-hydrogen) atoms. The Morgan fingerprint density at radius 1 is 1.35 bits per heavy atom. The molecule has 0 aromatic carbocycles. The van der Waals surface area contributed by atoms with E-state index in [1.807, 2.05) is 12.1 Å². The van der Waals surface area contributed by atoms with E-state index in [0.717, 1.165) is 45.2 Å². The van der Waals surface area contributed by atoms with E-state index in [2.05, 4.69) is 9.80 Å². The molecule has 1 aliphatic rings. The van der Waals surface area contributed by atoms with Crippen molar-refractivity contribution in [2.24, 2.45) is 0 Å². The van der Waals surface area contributed by atoms with Crippen molar-refractivity contribution in [2.45, 2.75) is 12.6 Å². The molecule has 0 saturated carbocycles. The first-order valence-corrected chi connectivity index (χ1v) is 7.11. The zero-order valence-corrected chi connectivity index (χ0v) is 11.8. The van der Waals surface area contributed by atoms with Crippen molar-refractivity contribution in [3.8, 4) is 0 Å². The first-order chi connectivity index (χ1) is 9.78. The van der Waals surface area contributed by atoms with Crippen molar-refractivity contribution >= 4 is 0 Å².